The maximum atomic E-state index is 13.1. The highest BCUT2D eigenvalue weighted by atomic mass is 79.9. The minimum absolute atomic E-state index is 0.126. The SMILES string of the molecule is Fc1ccc(OCC2(CBr)CCCCCC2)cc1F. The minimum Gasteiger partial charge on any atom is -0.493 e. The molecule has 0 radical (unpaired) electrons. The van der Waals surface area contributed by atoms with Crippen molar-refractivity contribution >= 4 is 15.9 Å². The summed E-state index contributed by atoms with van der Waals surface area (Å²) in [7, 11) is 0. The Morgan fingerprint density at radius 2 is 1.74 bits per heavy atom. The maximum absolute atomic E-state index is 13.1. The highest BCUT2D eigenvalue weighted by Crippen LogP contribution is 2.37. The van der Waals surface area contributed by atoms with Crippen LogP contribution in [0.5, 0.6) is 5.75 Å². The van der Waals surface area contributed by atoms with Gasteiger partial charge in [-0.05, 0) is 25.0 Å². The first kappa shape index (κ1) is 14.8. The van der Waals surface area contributed by atoms with Crippen molar-refractivity contribution in [3.63, 3.8) is 0 Å². The fraction of sp³-hybridized carbons (Fsp3) is 0.600. The van der Waals surface area contributed by atoms with Crippen LogP contribution in [0.25, 0.3) is 0 Å². The summed E-state index contributed by atoms with van der Waals surface area (Å²) < 4.78 is 31.7. The van der Waals surface area contributed by atoms with E-state index in [0.717, 1.165) is 30.3 Å². The van der Waals surface area contributed by atoms with E-state index in [2.05, 4.69) is 15.9 Å². The molecule has 2 rings (SSSR count). The molecule has 106 valence electrons. The molecule has 0 amide bonds. The molecule has 0 unspecified atom stereocenters. The molecule has 0 spiro atoms. The molecule has 1 nitrogen and oxygen atoms in total. The lowest BCUT2D eigenvalue weighted by Gasteiger charge is -2.30. The summed E-state index contributed by atoms with van der Waals surface area (Å²) in [6.45, 7) is 0.559. The Bertz CT molecular complexity index is 415. The molecule has 0 heterocycles. The molecule has 0 aromatic heterocycles. The Balaban J connectivity index is 2.00. The third kappa shape index (κ3) is 3.91. The van der Waals surface area contributed by atoms with Crippen LogP contribution in [0.2, 0.25) is 0 Å². The Kier molecular flexibility index (Phi) is 5.20. The molecule has 0 aliphatic heterocycles. The van der Waals surface area contributed by atoms with Crippen LogP contribution in [0.3, 0.4) is 0 Å². The lowest BCUT2D eigenvalue weighted by Crippen LogP contribution is -2.30. The third-order valence-corrected chi connectivity index (χ3v) is 5.07. The second kappa shape index (κ2) is 6.69. The van der Waals surface area contributed by atoms with Gasteiger partial charge in [0.15, 0.2) is 11.6 Å². The summed E-state index contributed by atoms with van der Waals surface area (Å²) in [4.78, 5) is 0. The quantitative estimate of drug-likeness (QED) is 0.552. The first-order valence-electron chi connectivity index (χ1n) is 6.79. The van der Waals surface area contributed by atoms with Gasteiger partial charge >= 0.3 is 0 Å². The number of hydrogen-bond acceptors (Lipinski definition) is 1. The third-order valence-electron chi connectivity index (χ3n) is 3.88. The monoisotopic (exact) mass is 332 g/mol. The van der Waals surface area contributed by atoms with Crippen LogP contribution < -0.4 is 4.74 Å². The van der Waals surface area contributed by atoms with Crippen molar-refractivity contribution in [1.29, 1.82) is 0 Å². The molecule has 1 aliphatic rings. The van der Waals surface area contributed by atoms with Crippen molar-refractivity contribution in [3.8, 4) is 5.75 Å². The second-order valence-electron chi connectivity index (χ2n) is 5.41. The van der Waals surface area contributed by atoms with Crippen LogP contribution in [0, 0.1) is 17.0 Å². The smallest absolute Gasteiger partial charge is 0.162 e. The molecule has 1 fully saturated rings. The lowest BCUT2D eigenvalue weighted by atomic mass is 9.83. The largest absolute Gasteiger partial charge is 0.493 e. The van der Waals surface area contributed by atoms with Gasteiger partial charge in [-0.15, -0.1) is 0 Å². The van der Waals surface area contributed by atoms with Gasteiger partial charge in [-0.2, -0.15) is 0 Å². The van der Waals surface area contributed by atoms with E-state index in [4.69, 9.17) is 4.74 Å². The van der Waals surface area contributed by atoms with Crippen molar-refractivity contribution in [2.45, 2.75) is 38.5 Å². The van der Waals surface area contributed by atoms with Crippen LogP contribution in [0.1, 0.15) is 38.5 Å². The standard InChI is InChI=1S/C15H19BrF2O/c16-10-15(7-3-1-2-4-8-15)11-19-12-5-6-13(17)14(18)9-12/h5-6,9H,1-4,7-8,10-11H2. The zero-order valence-corrected chi connectivity index (χ0v) is 12.5. The van der Waals surface area contributed by atoms with E-state index in [0.29, 0.717) is 12.4 Å². The predicted molar refractivity (Wildman–Crippen MR) is 75.8 cm³/mol. The van der Waals surface area contributed by atoms with Crippen molar-refractivity contribution in [2.75, 3.05) is 11.9 Å². The Hall–Kier alpha value is -0.640. The molecule has 0 N–H and O–H groups in total. The van der Waals surface area contributed by atoms with Gasteiger partial charge in [0.2, 0.25) is 0 Å². The molecule has 1 saturated carbocycles. The number of alkyl halides is 1. The van der Waals surface area contributed by atoms with E-state index in [1.54, 1.807) is 0 Å². The van der Waals surface area contributed by atoms with Gasteiger partial charge in [-0.25, -0.2) is 8.78 Å². The first-order valence-corrected chi connectivity index (χ1v) is 7.91. The highest BCUT2D eigenvalue weighted by Gasteiger charge is 2.30. The molecule has 4 heteroatoms. The summed E-state index contributed by atoms with van der Waals surface area (Å²) >= 11 is 3.59. The molecule has 1 aromatic carbocycles. The molecule has 0 saturated heterocycles. The molecule has 19 heavy (non-hydrogen) atoms. The summed E-state index contributed by atoms with van der Waals surface area (Å²) in [6.07, 6.45) is 7.24. The van der Waals surface area contributed by atoms with Gasteiger partial charge in [-0.1, -0.05) is 41.6 Å². The average molecular weight is 333 g/mol. The summed E-state index contributed by atoms with van der Waals surface area (Å²) in [5, 5.41) is 0.893. The van der Waals surface area contributed by atoms with E-state index >= 15 is 0 Å². The van der Waals surface area contributed by atoms with Gasteiger partial charge in [0.25, 0.3) is 0 Å². The van der Waals surface area contributed by atoms with Crippen molar-refractivity contribution in [2.24, 2.45) is 5.41 Å². The van der Waals surface area contributed by atoms with E-state index in [-0.39, 0.29) is 5.41 Å². The van der Waals surface area contributed by atoms with Crippen LogP contribution in [-0.4, -0.2) is 11.9 Å². The zero-order chi connectivity index (χ0) is 13.7. The predicted octanol–water partition coefficient (Wildman–Crippen LogP) is 5.08. The van der Waals surface area contributed by atoms with Crippen molar-refractivity contribution in [1.82, 2.24) is 0 Å². The molecule has 1 aliphatic carbocycles. The topological polar surface area (TPSA) is 9.23 Å². The first-order chi connectivity index (χ1) is 9.15. The number of ether oxygens (including phenoxy) is 1. The second-order valence-corrected chi connectivity index (χ2v) is 5.97. The zero-order valence-electron chi connectivity index (χ0n) is 10.9. The van der Waals surface area contributed by atoms with Crippen LogP contribution in [-0.2, 0) is 0 Å². The number of hydrogen-bond donors (Lipinski definition) is 0. The molecular formula is C15H19BrF2O. The average Bonchev–Trinajstić information content (AvgIpc) is 2.66. The molecule has 1 aromatic rings. The number of benzene rings is 1. The number of rotatable bonds is 4. The van der Waals surface area contributed by atoms with Gasteiger partial charge in [0, 0.05) is 16.8 Å². The van der Waals surface area contributed by atoms with E-state index in [1.165, 1.54) is 31.7 Å². The summed E-state index contributed by atoms with van der Waals surface area (Å²) in [6, 6.07) is 3.71. The highest BCUT2D eigenvalue weighted by molar-refractivity contribution is 9.09. The lowest BCUT2D eigenvalue weighted by molar-refractivity contribution is 0.148. The molecular weight excluding hydrogens is 314 g/mol. The number of halogens is 3. The Labute approximate surface area is 121 Å². The summed E-state index contributed by atoms with van der Waals surface area (Å²) in [5.41, 5.74) is 0.126. The Morgan fingerprint density at radius 3 is 2.32 bits per heavy atom. The van der Waals surface area contributed by atoms with E-state index in [9.17, 15) is 8.78 Å². The fourth-order valence-electron chi connectivity index (χ4n) is 2.60. The van der Waals surface area contributed by atoms with Gasteiger partial charge in [-0.3, -0.25) is 0 Å². The van der Waals surface area contributed by atoms with Crippen LogP contribution in [0.4, 0.5) is 8.78 Å². The van der Waals surface area contributed by atoms with E-state index < -0.39 is 11.6 Å². The molecule has 0 atom stereocenters. The van der Waals surface area contributed by atoms with Crippen LogP contribution >= 0.6 is 15.9 Å². The minimum atomic E-state index is -0.855. The fourth-order valence-corrected chi connectivity index (χ4v) is 3.32. The Morgan fingerprint density at radius 1 is 1.05 bits per heavy atom. The van der Waals surface area contributed by atoms with E-state index in [1.807, 2.05) is 0 Å². The van der Waals surface area contributed by atoms with Crippen molar-refractivity contribution in [3.05, 3.63) is 29.8 Å². The van der Waals surface area contributed by atoms with Gasteiger partial charge in [0.05, 0.1) is 6.61 Å². The van der Waals surface area contributed by atoms with Gasteiger partial charge < -0.3 is 4.74 Å². The molecule has 0 bridgehead atoms. The van der Waals surface area contributed by atoms with Crippen LogP contribution in [0.15, 0.2) is 18.2 Å². The van der Waals surface area contributed by atoms with Crippen molar-refractivity contribution < 1.29 is 13.5 Å². The normalized spacial score (nSPS) is 18.9. The maximum Gasteiger partial charge on any atom is 0.162 e. The summed E-state index contributed by atoms with van der Waals surface area (Å²) in [5.74, 6) is -1.29. The van der Waals surface area contributed by atoms with Gasteiger partial charge in [0.1, 0.15) is 5.75 Å².